The van der Waals surface area contributed by atoms with Crippen LogP contribution in [0, 0.1) is 0 Å². The zero-order valence-electron chi connectivity index (χ0n) is 15.0. The summed E-state index contributed by atoms with van der Waals surface area (Å²) in [5.74, 6) is 1.45. The summed E-state index contributed by atoms with van der Waals surface area (Å²) >= 11 is 5.32. The van der Waals surface area contributed by atoms with Gasteiger partial charge in [-0.05, 0) is 79.4 Å². The lowest BCUT2D eigenvalue weighted by atomic mass is 9.91. The molecule has 26 heavy (non-hydrogen) atoms. The molecule has 5 nitrogen and oxygen atoms in total. The Morgan fingerprint density at radius 1 is 1.04 bits per heavy atom. The molecule has 1 aliphatic rings. The number of benzene rings is 2. The van der Waals surface area contributed by atoms with Gasteiger partial charge in [0.25, 0.3) is 0 Å². The number of nitrogens with one attached hydrogen (secondary N) is 2. The Balaban J connectivity index is 1.61. The van der Waals surface area contributed by atoms with Crippen molar-refractivity contribution in [1.29, 1.82) is 0 Å². The molecule has 0 aromatic heterocycles. The van der Waals surface area contributed by atoms with Gasteiger partial charge < -0.3 is 14.8 Å². The maximum absolute atomic E-state index is 5.33. The van der Waals surface area contributed by atoms with Crippen LogP contribution < -0.4 is 20.2 Å². The molecule has 2 aromatic rings. The van der Waals surface area contributed by atoms with Gasteiger partial charge in [-0.25, -0.2) is 0 Å². The van der Waals surface area contributed by atoms with E-state index in [1.54, 1.807) is 20.4 Å². The van der Waals surface area contributed by atoms with E-state index in [0.29, 0.717) is 10.9 Å². The van der Waals surface area contributed by atoms with Gasteiger partial charge in [-0.15, -0.1) is 0 Å². The van der Waals surface area contributed by atoms with Crippen LogP contribution in [0.3, 0.4) is 0 Å². The molecule has 0 saturated carbocycles. The molecule has 3 rings (SSSR count). The summed E-state index contributed by atoms with van der Waals surface area (Å²) in [6.07, 6.45) is 6.50. The Bertz CT molecular complexity index is 821. The number of thiocarbonyl (C=S) groups is 1. The number of aryl methyl sites for hydroxylation is 2. The molecule has 0 saturated heterocycles. The highest BCUT2D eigenvalue weighted by Crippen LogP contribution is 2.24. The Hall–Kier alpha value is -2.60. The number of fused-ring (bicyclic) bond motifs is 1. The normalized spacial score (nSPS) is 13.2. The molecule has 2 N–H and O–H groups in total. The first kappa shape index (κ1) is 18.2. The Labute approximate surface area is 159 Å². The van der Waals surface area contributed by atoms with E-state index in [2.05, 4.69) is 34.0 Å². The Morgan fingerprint density at radius 3 is 2.62 bits per heavy atom. The number of methoxy groups -OCH3 is 2. The third kappa shape index (κ3) is 4.52. The number of hydrazone groups is 1. The number of anilines is 1. The number of nitrogens with zero attached hydrogens (tertiary/aromatic N) is 1. The number of ether oxygens (including phenoxy) is 2. The highest BCUT2D eigenvalue weighted by atomic mass is 32.1. The van der Waals surface area contributed by atoms with E-state index in [4.69, 9.17) is 21.7 Å². The molecule has 0 unspecified atom stereocenters. The van der Waals surface area contributed by atoms with Crippen molar-refractivity contribution in [3.63, 3.8) is 0 Å². The van der Waals surface area contributed by atoms with Crippen molar-refractivity contribution in [2.75, 3.05) is 19.5 Å². The summed E-state index contributed by atoms with van der Waals surface area (Å²) in [4.78, 5) is 0. The van der Waals surface area contributed by atoms with Crippen molar-refractivity contribution < 1.29 is 9.47 Å². The van der Waals surface area contributed by atoms with Gasteiger partial charge >= 0.3 is 0 Å². The van der Waals surface area contributed by atoms with Crippen LogP contribution in [-0.4, -0.2) is 25.5 Å². The second kappa shape index (κ2) is 8.67. The third-order valence-electron chi connectivity index (χ3n) is 4.41. The molecular formula is C20H23N3O2S. The van der Waals surface area contributed by atoms with Crippen molar-refractivity contribution in [3.05, 3.63) is 53.1 Å². The minimum absolute atomic E-state index is 0.443. The Kier molecular flexibility index (Phi) is 6.07. The van der Waals surface area contributed by atoms with Crippen LogP contribution in [-0.2, 0) is 12.8 Å². The lowest BCUT2D eigenvalue weighted by Crippen LogP contribution is -2.24. The van der Waals surface area contributed by atoms with Gasteiger partial charge in [0.2, 0.25) is 0 Å². The average Bonchev–Trinajstić information content (AvgIpc) is 2.67. The molecule has 2 aromatic carbocycles. The minimum Gasteiger partial charge on any atom is -0.497 e. The van der Waals surface area contributed by atoms with Crippen molar-refractivity contribution >= 4 is 29.2 Å². The third-order valence-corrected chi connectivity index (χ3v) is 4.61. The van der Waals surface area contributed by atoms with E-state index in [-0.39, 0.29) is 0 Å². The molecule has 136 valence electrons. The smallest absolute Gasteiger partial charge is 0.191 e. The van der Waals surface area contributed by atoms with Crippen molar-refractivity contribution in [3.8, 4) is 11.5 Å². The van der Waals surface area contributed by atoms with Crippen LogP contribution in [0.25, 0.3) is 0 Å². The molecular weight excluding hydrogens is 346 g/mol. The topological polar surface area (TPSA) is 54.9 Å². The van der Waals surface area contributed by atoms with Crippen LogP contribution in [0.4, 0.5) is 5.69 Å². The van der Waals surface area contributed by atoms with Crippen LogP contribution in [0.2, 0.25) is 0 Å². The molecule has 0 aliphatic heterocycles. The van der Waals surface area contributed by atoms with Gasteiger partial charge in [0.05, 0.1) is 20.4 Å². The van der Waals surface area contributed by atoms with Crippen LogP contribution in [0.15, 0.2) is 41.5 Å². The number of hydrogen-bond acceptors (Lipinski definition) is 4. The predicted octanol–water partition coefficient (Wildman–Crippen LogP) is 3.90. The van der Waals surface area contributed by atoms with Crippen LogP contribution >= 0.6 is 12.2 Å². The predicted molar refractivity (Wildman–Crippen MR) is 110 cm³/mol. The highest BCUT2D eigenvalue weighted by Gasteiger charge is 2.09. The summed E-state index contributed by atoms with van der Waals surface area (Å²) < 4.78 is 10.6. The fraction of sp³-hybridized carbons (Fsp3) is 0.300. The van der Waals surface area contributed by atoms with E-state index in [1.165, 1.54) is 30.4 Å². The van der Waals surface area contributed by atoms with Crippen molar-refractivity contribution in [1.82, 2.24) is 5.43 Å². The molecule has 0 radical (unpaired) electrons. The van der Waals surface area contributed by atoms with E-state index in [1.807, 2.05) is 18.2 Å². The average molecular weight is 369 g/mol. The summed E-state index contributed by atoms with van der Waals surface area (Å²) in [6, 6.07) is 12.0. The maximum atomic E-state index is 5.33. The van der Waals surface area contributed by atoms with E-state index < -0.39 is 0 Å². The van der Waals surface area contributed by atoms with Gasteiger partial charge in [0.15, 0.2) is 5.11 Å². The molecule has 0 fully saturated rings. The summed E-state index contributed by atoms with van der Waals surface area (Å²) in [7, 11) is 3.24. The van der Waals surface area contributed by atoms with Crippen molar-refractivity contribution in [2.24, 2.45) is 5.10 Å². The lowest BCUT2D eigenvalue weighted by Gasteiger charge is -2.17. The first-order valence-electron chi connectivity index (χ1n) is 8.63. The molecule has 6 heteroatoms. The van der Waals surface area contributed by atoms with Gasteiger partial charge in [-0.1, -0.05) is 6.07 Å². The van der Waals surface area contributed by atoms with Gasteiger partial charge in [0.1, 0.15) is 11.5 Å². The number of hydrogen-bond donors (Lipinski definition) is 2. The summed E-state index contributed by atoms with van der Waals surface area (Å²) in [6.45, 7) is 0. The highest BCUT2D eigenvalue weighted by molar-refractivity contribution is 7.80. The molecule has 0 heterocycles. The SMILES string of the molecule is COc1ccc(OC)c(/C=N/NC(=S)Nc2ccc3c(c2)CCCC3)c1. The second-order valence-corrected chi connectivity index (χ2v) is 6.53. The van der Waals surface area contributed by atoms with Gasteiger partial charge in [-0.2, -0.15) is 5.10 Å². The molecule has 0 atom stereocenters. The monoisotopic (exact) mass is 369 g/mol. The summed E-state index contributed by atoms with van der Waals surface area (Å²) in [5, 5.41) is 7.82. The van der Waals surface area contributed by atoms with E-state index >= 15 is 0 Å². The van der Waals surface area contributed by atoms with Crippen LogP contribution in [0.1, 0.15) is 29.5 Å². The largest absolute Gasteiger partial charge is 0.497 e. The number of rotatable bonds is 5. The molecule has 1 aliphatic carbocycles. The van der Waals surface area contributed by atoms with E-state index in [0.717, 1.165) is 23.4 Å². The first-order chi connectivity index (χ1) is 12.7. The maximum Gasteiger partial charge on any atom is 0.191 e. The quantitative estimate of drug-likeness (QED) is 0.476. The zero-order chi connectivity index (χ0) is 18.4. The Morgan fingerprint density at radius 2 is 1.85 bits per heavy atom. The van der Waals surface area contributed by atoms with Crippen molar-refractivity contribution in [2.45, 2.75) is 25.7 Å². The molecule has 0 spiro atoms. The van der Waals surface area contributed by atoms with Crippen LogP contribution in [0.5, 0.6) is 11.5 Å². The van der Waals surface area contributed by atoms with Gasteiger partial charge in [-0.3, -0.25) is 5.43 Å². The second-order valence-electron chi connectivity index (χ2n) is 6.12. The fourth-order valence-electron chi connectivity index (χ4n) is 3.07. The minimum atomic E-state index is 0.443. The zero-order valence-corrected chi connectivity index (χ0v) is 15.9. The van der Waals surface area contributed by atoms with Gasteiger partial charge in [0, 0.05) is 11.3 Å². The van der Waals surface area contributed by atoms with E-state index in [9.17, 15) is 0 Å². The fourth-order valence-corrected chi connectivity index (χ4v) is 3.24. The standard InChI is InChI=1S/C20H23N3O2S/c1-24-18-9-10-19(25-2)16(12-18)13-21-23-20(26)22-17-8-7-14-5-3-4-6-15(14)11-17/h7-13H,3-6H2,1-2H3,(H2,22,23,26)/b21-13+. The molecule has 0 amide bonds. The molecule has 0 bridgehead atoms. The summed E-state index contributed by atoms with van der Waals surface area (Å²) in [5.41, 5.74) is 7.49. The lowest BCUT2D eigenvalue weighted by molar-refractivity contribution is 0.402. The first-order valence-corrected chi connectivity index (χ1v) is 9.04.